The third kappa shape index (κ3) is 3.53. The SMILES string of the molecule is CCNC(=O)c1cc2cccc(F)c2nc1C(C)Nc1ncnc(N)c1C#N. The van der Waals surface area contributed by atoms with E-state index < -0.39 is 11.9 Å². The number of carbonyl (C=O) groups excluding carboxylic acids is 1. The van der Waals surface area contributed by atoms with Gasteiger partial charge in [0.25, 0.3) is 5.91 Å². The molecule has 0 bridgehead atoms. The van der Waals surface area contributed by atoms with Gasteiger partial charge in [-0.25, -0.2) is 19.3 Å². The van der Waals surface area contributed by atoms with Gasteiger partial charge in [0, 0.05) is 11.9 Å². The lowest BCUT2D eigenvalue weighted by atomic mass is 10.0. The van der Waals surface area contributed by atoms with Gasteiger partial charge in [0.05, 0.1) is 17.3 Å². The summed E-state index contributed by atoms with van der Waals surface area (Å²) in [5, 5.41) is 15.6. The first kappa shape index (κ1) is 19.0. The van der Waals surface area contributed by atoms with Crippen LogP contribution in [0.15, 0.2) is 30.6 Å². The first-order valence-corrected chi connectivity index (χ1v) is 8.60. The molecule has 3 aromatic rings. The molecule has 2 aromatic heterocycles. The maximum absolute atomic E-state index is 14.2. The van der Waals surface area contributed by atoms with E-state index in [1.165, 1.54) is 12.4 Å². The van der Waals surface area contributed by atoms with E-state index in [0.29, 0.717) is 23.2 Å². The van der Waals surface area contributed by atoms with Crippen LogP contribution in [0.4, 0.5) is 16.0 Å². The zero-order chi connectivity index (χ0) is 20.3. The summed E-state index contributed by atoms with van der Waals surface area (Å²) in [6, 6.07) is 7.54. The van der Waals surface area contributed by atoms with Crippen LogP contribution in [0, 0.1) is 17.1 Å². The molecular formula is C19H18FN7O. The first-order valence-electron chi connectivity index (χ1n) is 8.60. The molecule has 0 saturated carbocycles. The molecule has 0 fully saturated rings. The van der Waals surface area contributed by atoms with E-state index in [-0.39, 0.29) is 28.6 Å². The lowest BCUT2D eigenvalue weighted by Gasteiger charge is -2.19. The molecule has 0 aliphatic heterocycles. The number of anilines is 2. The molecule has 0 saturated heterocycles. The van der Waals surface area contributed by atoms with Gasteiger partial charge < -0.3 is 16.4 Å². The quantitative estimate of drug-likeness (QED) is 0.621. The van der Waals surface area contributed by atoms with Crippen molar-refractivity contribution in [1.82, 2.24) is 20.3 Å². The van der Waals surface area contributed by atoms with E-state index in [0.717, 1.165) is 0 Å². The molecule has 1 amide bonds. The Morgan fingerprint density at radius 2 is 2.18 bits per heavy atom. The minimum absolute atomic E-state index is 0.0358. The van der Waals surface area contributed by atoms with Gasteiger partial charge in [-0.1, -0.05) is 12.1 Å². The molecule has 1 aromatic carbocycles. The van der Waals surface area contributed by atoms with E-state index in [4.69, 9.17) is 5.73 Å². The van der Waals surface area contributed by atoms with Crippen molar-refractivity contribution in [2.75, 3.05) is 17.6 Å². The maximum atomic E-state index is 14.2. The van der Waals surface area contributed by atoms with E-state index >= 15 is 0 Å². The van der Waals surface area contributed by atoms with Gasteiger partial charge >= 0.3 is 0 Å². The lowest BCUT2D eigenvalue weighted by molar-refractivity contribution is 0.0954. The average Bonchev–Trinajstić information content (AvgIpc) is 2.68. The van der Waals surface area contributed by atoms with Gasteiger partial charge in [0.1, 0.15) is 40.9 Å². The maximum Gasteiger partial charge on any atom is 0.253 e. The minimum atomic E-state index is -0.567. The topological polar surface area (TPSA) is 130 Å². The number of nitriles is 1. The molecular weight excluding hydrogens is 361 g/mol. The second-order valence-electron chi connectivity index (χ2n) is 6.05. The van der Waals surface area contributed by atoms with Crippen LogP contribution in [0.2, 0.25) is 0 Å². The van der Waals surface area contributed by atoms with Crippen LogP contribution in [0.1, 0.15) is 41.5 Å². The summed E-state index contributed by atoms with van der Waals surface area (Å²) in [7, 11) is 0. The molecule has 8 nitrogen and oxygen atoms in total. The summed E-state index contributed by atoms with van der Waals surface area (Å²) in [5.41, 5.74) is 6.58. The van der Waals surface area contributed by atoms with Crippen LogP contribution < -0.4 is 16.4 Å². The second kappa shape index (κ2) is 7.84. The van der Waals surface area contributed by atoms with Crippen molar-refractivity contribution >= 4 is 28.4 Å². The van der Waals surface area contributed by atoms with Gasteiger partial charge in [0.15, 0.2) is 0 Å². The Kier molecular flexibility index (Phi) is 5.31. The number of pyridine rings is 1. The number of halogens is 1. The first-order chi connectivity index (χ1) is 13.5. The highest BCUT2D eigenvalue weighted by molar-refractivity contribution is 5.99. The zero-order valence-electron chi connectivity index (χ0n) is 15.3. The number of nitrogens with one attached hydrogen (secondary N) is 2. The van der Waals surface area contributed by atoms with Gasteiger partial charge in [-0.2, -0.15) is 5.26 Å². The van der Waals surface area contributed by atoms with Crippen molar-refractivity contribution in [3.8, 4) is 6.07 Å². The second-order valence-corrected chi connectivity index (χ2v) is 6.05. The summed E-state index contributed by atoms with van der Waals surface area (Å²) in [6.07, 6.45) is 1.23. The van der Waals surface area contributed by atoms with Crippen LogP contribution in [0.3, 0.4) is 0 Å². The fourth-order valence-electron chi connectivity index (χ4n) is 2.84. The van der Waals surface area contributed by atoms with Crippen molar-refractivity contribution in [2.45, 2.75) is 19.9 Å². The standard InChI is InChI=1S/C19H18FN7O/c1-3-23-19(28)12-7-11-5-4-6-14(20)16(11)27-15(12)10(2)26-18-13(8-21)17(22)24-9-25-18/h4-7,9-10H,3H2,1-2H3,(H,23,28)(H3,22,24,25,26). The Balaban J connectivity index is 2.11. The van der Waals surface area contributed by atoms with Crippen molar-refractivity contribution in [1.29, 1.82) is 5.26 Å². The highest BCUT2D eigenvalue weighted by atomic mass is 19.1. The van der Waals surface area contributed by atoms with Crippen molar-refractivity contribution in [3.05, 3.63) is 53.2 Å². The Labute approximate surface area is 160 Å². The van der Waals surface area contributed by atoms with Crippen LogP contribution in [0.25, 0.3) is 10.9 Å². The number of nitrogen functional groups attached to an aromatic ring is 1. The third-order valence-corrected chi connectivity index (χ3v) is 4.16. The molecule has 2 heterocycles. The number of fused-ring (bicyclic) bond motifs is 1. The Morgan fingerprint density at radius 1 is 1.39 bits per heavy atom. The van der Waals surface area contributed by atoms with E-state index in [1.54, 1.807) is 32.0 Å². The Bertz CT molecular complexity index is 1090. The van der Waals surface area contributed by atoms with Gasteiger partial charge in [-0.05, 0) is 26.0 Å². The number of hydrogen-bond acceptors (Lipinski definition) is 7. The molecule has 1 unspecified atom stereocenters. The number of carbonyl (C=O) groups is 1. The molecule has 0 aliphatic rings. The summed E-state index contributed by atoms with van der Waals surface area (Å²) in [4.78, 5) is 24.8. The van der Waals surface area contributed by atoms with Crippen LogP contribution in [-0.2, 0) is 0 Å². The fourth-order valence-corrected chi connectivity index (χ4v) is 2.84. The fraction of sp³-hybridized carbons (Fsp3) is 0.211. The largest absolute Gasteiger partial charge is 0.382 e. The summed E-state index contributed by atoms with van der Waals surface area (Å²) >= 11 is 0. The monoisotopic (exact) mass is 379 g/mol. The minimum Gasteiger partial charge on any atom is -0.382 e. The zero-order valence-corrected chi connectivity index (χ0v) is 15.3. The van der Waals surface area contributed by atoms with Crippen molar-refractivity contribution in [3.63, 3.8) is 0 Å². The number of rotatable bonds is 5. The number of amides is 1. The van der Waals surface area contributed by atoms with E-state index in [9.17, 15) is 14.4 Å². The number of nitrogens with zero attached hydrogens (tertiary/aromatic N) is 4. The number of nitrogens with two attached hydrogens (primary N) is 1. The van der Waals surface area contributed by atoms with Crippen molar-refractivity contribution in [2.24, 2.45) is 0 Å². The summed E-state index contributed by atoms with van der Waals surface area (Å²) in [6.45, 7) is 3.97. The molecule has 4 N–H and O–H groups in total. The van der Waals surface area contributed by atoms with E-state index in [2.05, 4.69) is 25.6 Å². The molecule has 0 spiro atoms. The van der Waals surface area contributed by atoms with E-state index in [1.807, 2.05) is 6.07 Å². The molecule has 1 atom stereocenters. The summed E-state index contributed by atoms with van der Waals surface area (Å²) < 4.78 is 14.2. The highest BCUT2D eigenvalue weighted by Gasteiger charge is 2.21. The molecule has 0 aliphatic carbocycles. The van der Waals surface area contributed by atoms with Crippen molar-refractivity contribution < 1.29 is 9.18 Å². The van der Waals surface area contributed by atoms with Gasteiger partial charge in [-0.3, -0.25) is 4.79 Å². The molecule has 142 valence electrons. The third-order valence-electron chi connectivity index (χ3n) is 4.16. The Hall–Kier alpha value is -3.80. The number of para-hydroxylation sites is 1. The highest BCUT2D eigenvalue weighted by Crippen LogP contribution is 2.27. The molecule has 0 radical (unpaired) electrons. The predicted octanol–water partition coefficient (Wildman–Crippen LogP) is 2.54. The number of hydrogen-bond donors (Lipinski definition) is 3. The molecule has 9 heteroatoms. The number of benzene rings is 1. The predicted molar refractivity (Wildman–Crippen MR) is 103 cm³/mol. The lowest BCUT2D eigenvalue weighted by Crippen LogP contribution is -2.26. The molecule has 3 rings (SSSR count). The van der Waals surface area contributed by atoms with Crippen LogP contribution >= 0.6 is 0 Å². The number of aromatic nitrogens is 3. The Morgan fingerprint density at radius 3 is 2.89 bits per heavy atom. The van der Waals surface area contributed by atoms with Gasteiger partial charge in [-0.15, -0.1) is 0 Å². The van der Waals surface area contributed by atoms with Gasteiger partial charge in [0.2, 0.25) is 0 Å². The normalized spacial score (nSPS) is 11.6. The summed E-state index contributed by atoms with van der Waals surface area (Å²) in [5.74, 6) is -0.571. The molecule has 28 heavy (non-hydrogen) atoms. The van der Waals surface area contributed by atoms with Crippen LogP contribution in [-0.4, -0.2) is 27.4 Å². The van der Waals surface area contributed by atoms with Crippen LogP contribution in [0.5, 0.6) is 0 Å². The average molecular weight is 379 g/mol. The smallest absolute Gasteiger partial charge is 0.253 e.